The highest BCUT2D eigenvalue weighted by atomic mass is 35.5. The summed E-state index contributed by atoms with van der Waals surface area (Å²) >= 11 is 6.22. The number of ether oxygens (including phenoxy) is 2. The third-order valence-corrected chi connectivity index (χ3v) is 6.42. The molecule has 0 radical (unpaired) electrons. The fourth-order valence-electron chi connectivity index (χ4n) is 3.90. The molecular formula is C25H28ClN5O4. The van der Waals surface area contributed by atoms with Crippen molar-refractivity contribution in [2.75, 3.05) is 50.6 Å². The summed E-state index contributed by atoms with van der Waals surface area (Å²) in [7, 11) is 3.03. The van der Waals surface area contributed by atoms with Crippen molar-refractivity contribution in [2.45, 2.75) is 13.8 Å². The average Bonchev–Trinajstić information content (AvgIpc) is 2.86. The monoisotopic (exact) mass is 497 g/mol. The number of aromatic nitrogens is 2. The zero-order valence-electron chi connectivity index (χ0n) is 20.2. The molecule has 1 saturated heterocycles. The smallest absolute Gasteiger partial charge is 0.322 e. The van der Waals surface area contributed by atoms with Gasteiger partial charge in [-0.25, -0.2) is 4.79 Å². The molecule has 0 aliphatic carbocycles. The fourth-order valence-corrected chi connectivity index (χ4v) is 4.14. The molecule has 2 aromatic carbocycles. The van der Waals surface area contributed by atoms with Crippen LogP contribution in [0.3, 0.4) is 0 Å². The second-order valence-corrected chi connectivity index (χ2v) is 8.71. The molecule has 35 heavy (non-hydrogen) atoms. The molecule has 0 saturated carbocycles. The largest absolute Gasteiger partial charge is 0.495 e. The predicted molar refractivity (Wildman–Crippen MR) is 137 cm³/mol. The Bertz CT molecular complexity index is 1300. The summed E-state index contributed by atoms with van der Waals surface area (Å²) in [6, 6.07) is 12.1. The lowest BCUT2D eigenvalue weighted by molar-refractivity contribution is 0.208. The van der Waals surface area contributed by atoms with Crippen molar-refractivity contribution >= 4 is 29.1 Å². The lowest BCUT2D eigenvalue weighted by atomic mass is 10.1. The number of benzene rings is 2. The lowest BCUT2D eigenvalue weighted by Gasteiger charge is -2.35. The highest BCUT2D eigenvalue weighted by Crippen LogP contribution is 2.36. The van der Waals surface area contributed by atoms with Crippen molar-refractivity contribution in [2.24, 2.45) is 0 Å². The van der Waals surface area contributed by atoms with E-state index in [9.17, 15) is 9.59 Å². The van der Waals surface area contributed by atoms with Gasteiger partial charge in [0.05, 0.1) is 30.6 Å². The van der Waals surface area contributed by atoms with Crippen LogP contribution in [-0.4, -0.2) is 61.1 Å². The van der Waals surface area contributed by atoms with Crippen LogP contribution in [0.1, 0.15) is 11.1 Å². The minimum atomic E-state index is -0.253. The Labute approximate surface area is 208 Å². The molecule has 10 heteroatoms. The number of carbonyl (C=O) groups excluding carboxylic acids is 1. The van der Waals surface area contributed by atoms with Crippen molar-refractivity contribution in [3.63, 3.8) is 0 Å². The minimum Gasteiger partial charge on any atom is -0.495 e. The Morgan fingerprint density at radius 1 is 0.943 bits per heavy atom. The van der Waals surface area contributed by atoms with Crippen LogP contribution in [0.15, 0.2) is 47.3 Å². The highest BCUT2D eigenvalue weighted by molar-refractivity contribution is 6.32. The molecule has 1 fully saturated rings. The fraction of sp³-hybridized carbons (Fsp3) is 0.320. The number of piperazine rings is 1. The molecule has 184 valence electrons. The van der Waals surface area contributed by atoms with E-state index in [2.05, 4.69) is 15.3 Å². The van der Waals surface area contributed by atoms with Gasteiger partial charge in [0.15, 0.2) is 0 Å². The first-order valence-corrected chi connectivity index (χ1v) is 11.6. The number of hydrogen-bond donors (Lipinski definition) is 1. The van der Waals surface area contributed by atoms with E-state index in [1.54, 1.807) is 23.1 Å². The zero-order chi connectivity index (χ0) is 25.1. The second-order valence-electron chi connectivity index (χ2n) is 8.30. The van der Waals surface area contributed by atoms with Gasteiger partial charge >= 0.3 is 6.03 Å². The Hall–Kier alpha value is -3.72. The third kappa shape index (κ3) is 5.19. The zero-order valence-corrected chi connectivity index (χ0v) is 20.9. The van der Waals surface area contributed by atoms with Crippen molar-refractivity contribution in [3.8, 4) is 17.2 Å². The average molecular weight is 498 g/mol. The number of aryl methyl sites for hydroxylation is 2. The van der Waals surface area contributed by atoms with Gasteiger partial charge in [-0.15, -0.1) is 5.10 Å². The van der Waals surface area contributed by atoms with Crippen LogP contribution in [0.5, 0.6) is 11.5 Å². The Balaban J connectivity index is 1.45. The number of rotatable bonds is 5. The maximum Gasteiger partial charge on any atom is 0.322 e. The molecule has 9 nitrogen and oxygen atoms in total. The molecule has 2 amide bonds. The molecule has 2 heterocycles. The van der Waals surface area contributed by atoms with Crippen LogP contribution in [0, 0.1) is 13.8 Å². The van der Waals surface area contributed by atoms with Crippen molar-refractivity contribution in [1.82, 2.24) is 14.7 Å². The van der Waals surface area contributed by atoms with Crippen LogP contribution in [-0.2, 0) is 0 Å². The minimum absolute atomic E-state index is 0.192. The van der Waals surface area contributed by atoms with Crippen LogP contribution >= 0.6 is 11.6 Å². The normalized spacial score (nSPS) is 13.5. The van der Waals surface area contributed by atoms with E-state index in [-0.39, 0.29) is 11.6 Å². The SMILES string of the molecule is COc1cc(OC)c(NC(=O)N2CCN(c3ccc(=O)n(-c4ccc(C)c(C)c4)n3)CC2)cc1Cl. The Kier molecular flexibility index (Phi) is 7.16. The van der Waals surface area contributed by atoms with Gasteiger partial charge in [0, 0.05) is 38.3 Å². The summed E-state index contributed by atoms with van der Waals surface area (Å²) in [4.78, 5) is 29.1. The van der Waals surface area contributed by atoms with E-state index in [1.165, 1.54) is 25.0 Å². The van der Waals surface area contributed by atoms with Crippen LogP contribution < -0.4 is 25.2 Å². The van der Waals surface area contributed by atoms with Gasteiger partial charge < -0.3 is 24.6 Å². The van der Waals surface area contributed by atoms with Gasteiger partial charge in [0.2, 0.25) is 0 Å². The quantitative estimate of drug-likeness (QED) is 0.575. The first-order chi connectivity index (χ1) is 16.8. The van der Waals surface area contributed by atoms with Crippen LogP contribution in [0.25, 0.3) is 5.69 Å². The van der Waals surface area contributed by atoms with Gasteiger partial charge in [-0.05, 0) is 49.2 Å². The molecule has 0 unspecified atom stereocenters. The van der Waals surface area contributed by atoms with Crippen LogP contribution in [0.4, 0.5) is 16.3 Å². The van der Waals surface area contributed by atoms with Gasteiger partial charge in [-0.1, -0.05) is 17.7 Å². The lowest BCUT2D eigenvalue weighted by Crippen LogP contribution is -2.50. The second kappa shape index (κ2) is 10.3. The summed E-state index contributed by atoms with van der Waals surface area (Å²) in [5.74, 6) is 1.60. The molecular weight excluding hydrogens is 470 g/mol. The van der Waals surface area contributed by atoms with Crippen molar-refractivity contribution < 1.29 is 14.3 Å². The first-order valence-electron chi connectivity index (χ1n) is 11.2. The van der Waals surface area contributed by atoms with Gasteiger partial charge in [-0.3, -0.25) is 4.79 Å². The number of nitrogens with one attached hydrogen (secondary N) is 1. The molecule has 1 aliphatic rings. The third-order valence-electron chi connectivity index (χ3n) is 6.13. The number of anilines is 2. The molecule has 4 rings (SSSR count). The number of urea groups is 1. The van der Waals surface area contributed by atoms with Crippen LogP contribution in [0.2, 0.25) is 5.02 Å². The number of amides is 2. The molecule has 0 bridgehead atoms. The molecule has 3 aromatic rings. The first kappa shape index (κ1) is 24.4. The number of hydrogen-bond acceptors (Lipinski definition) is 6. The summed E-state index contributed by atoms with van der Waals surface area (Å²) in [6.07, 6.45) is 0. The van der Waals surface area contributed by atoms with E-state index in [1.807, 2.05) is 32.0 Å². The van der Waals surface area contributed by atoms with Gasteiger partial charge in [0.1, 0.15) is 17.3 Å². The number of nitrogens with zero attached hydrogens (tertiary/aromatic N) is 4. The standard InChI is InChI=1S/C25H28ClN5O4/c1-16-5-6-18(13-17(16)2)31-24(32)8-7-23(28-31)29-9-11-30(12-10-29)25(33)27-20-14-19(26)21(34-3)15-22(20)35-4/h5-8,13-15H,9-12H2,1-4H3,(H,27,33). The molecule has 0 atom stereocenters. The number of carbonyl (C=O) groups is 1. The van der Waals surface area contributed by atoms with Crippen molar-refractivity contribution in [1.29, 1.82) is 0 Å². The van der Waals surface area contributed by atoms with E-state index in [0.717, 1.165) is 16.8 Å². The Morgan fingerprint density at radius 3 is 2.31 bits per heavy atom. The maximum absolute atomic E-state index is 12.9. The van der Waals surface area contributed by atoms with E-state index >= 15 is 0 Å². The highest BCUT2D eigenvalue weighted by Gasteiger charge is 2.24. The molecule has 0 spiro atoms. The van der Waals surface area contributed by atoms with E-state index in [0.29, 0.717) is 54.2 Å². The molecule has 1 aliphatic heterocycles. The van der Waals surface area contributed by atoms with Gasteiger partial charge in [0.25, 0.3) is 5.56 Å². The summed E-state index contributed by atoms with van der Waals surface area (Å²) in [6.45, 7) is 6.16. The van der Waals surface area contributed by atoms with Crippen molar-refractivity contribution in [3.05, 3.63) is 69.0 Å². The Morgan fingerprint density at radius 2 is 1.66 bits per heavy atom. The number of halogens is 1. The predicted octanol–water partition coefficient (Wildman–Crippen LogP) is 3.87. The van der Waals surface area contributed by atoms with E-state index < -0.39 is 0 Å². The van der Waals surface area contributed by atoms with E-state index in [4.69, 9.17) is 21.1 Å². The molecule has 1 aromatic heterocycles. The maximum atomic E-state index is 12.9. The topological polar surface area (TPSA) is 88.9 Å². The summed E-state index contributed by atoms with van der Waals surface area (Å²) < 4.78 is 12.0. The molecule has 1 N–H and O–H groups in total. The summed E-state index contributed by atoms with van der Waals surface area (Å²) in [5, 5.41) is 7.83. The summed E-state index contributed by atoms with van der Waals surface area (Å²) in [5.41, 5.74) is 3.25. The number of methoxy groups -OCH3 is 2. The van der Waals surface area contributed by atoms with Gasteiger partial charge in [-0.2, -0.15) is 4.68 Å².